The molecule has 1 aromatic heterocycles. The Hall–Kier alpha value is -1.53. The van der Waals surface area contributed by atoms with E-state index in [4.69, 9.17) is 10.5 Å². The molecule has 88 valence electrons. The summed E-state index contributed by atoms with van der Waals surface area (Å²) in [6, 6.07) is 4.24. The normalized spacial score (nSPS) is 10.3. The smallest absolute Gasteiger partial charge is 0.242 e. The van der Waals surface area contributed by atoms with Gasteiger partial charge < -0.3 is 10.5 Å². The molecule has 0 atom stereocenters. The van der Waals surface area contributed by atoms with Crippen LogP contribution in [0.2, 0.25) is 0 Å². The predicted octanol–water partition coefficient (Wildman–Crippen LogP) is 2.63. The minimum atomic E-state index is -0.396. The van der Waals surface area contributed by atoms with Crippen LogP contribution in [0.3, 0.4) is 0 Å². The van der Waals surface area contributed by atoms with Crippen molar-refractivity contribution in [1.82, 2.24) is 9.97 Å². The first kappa shape index (κ1) is 11.9. The Morgan fingerprint density at radius 1 is 1.24 bits per heavy atom. The highest BCUT2D eigenvalue weighted by molar-refractivity contribution is 9.10. The van der Waals surface area contributed by atoms with E-state index < -0.39 is 5.82 Å². The maximum absolute atomic E-state index is 13.1. The van der Waals surface area contributed by atoms with Crippen molar-refractivity contribution < 1.29 is 9.13 Å². The molecule has 0 spiro atoms. The van der Waals surface area contributed by atoms with Gasteiger partial charge in [-0.3, -0.25) is 4.98 Å². The lowest BCUT2D eigenvalue weighted by molar-refractivity contribution is 0.447. The average Bonchev–Trinajstić information content (AvgIpc) is 2.28. The summed E-state index contributed by atoms with van der Waals surface area (Å²) in [7, 11) is 0. The van der Waals surface area contributed by atoms with Crippen molar-refractivity contribution in [2.45, 2.75) is 6.54 Å². The molecular formula is C11H9BrFN3O. The standard InChI is InChI=1S/C11H9BrFN3O/c12-7-3-8(13)5-9(4-7)17-11-10(6-14)15-1-2-16-11/h1-5H,6,14H2. The van der Waals surface area contributed by atoms with Crippen LogP contribution >= 0.6 is 15.9 Å². The number of nitrogens with zero attached hydrogens (tertiary/aromatic N) is 2. The Balaban J connectivity index is 2.31. The van der Waals surface area contributed by atoms with Crippen molar-refractivity contribution in [3.63, 3.8) is 0 Å². The van der Waals surface area contributed by atoms with E-state index in [2.05, 4.69) is 25.9 Å². The lowest BCUT2D eigenvalue weighted by Gasteiger charge is -2.07. The second-order valence-corrected chi connectivity index (χ2v) is 4.14. The van der Waals surface area contributed by atoms with Crippen LogP contribution < -0.4 is 10.5 Å². The second kappa shape index (κ2) is 5.20. The van der Waals surface area contributed by atoms with Gasteiger partial charge in [-0.05, 0) is 12.1 Å². The van der Waals surface area contributed by atoms with Crippen LogP contribution in [0.4, 0.5) is 4.39 Å². The molecule has 0 radical (unpaired) electrons. The topological polar surface area (TPSA) is 61.0 Å². The summed E-state index contributed by atoms with van der Waals surface area (Å²) in [5, 5.41) is 0. The molecule has 17 heavy (non-hydrogen) atoms. The third kappa shape index (κ3) is 2.98. The number of ether oxygens (including phenoxy) is 1. The number of hydrogen-bond acceptors (Lipinski definition) is 4. The van der Waals surface area contributed by atoms with Crippen molar-refractivity contribution in [2.24, 2.45) is 5.73 Å². The van der Waals surface area contributed by atoms with Gasteiger partial charge >= 0.3 is 0 Å². The summed E-state index contributed by atoms with van der Waals surface area (Å²) in [5.74, 6) is 0.229. The number of aromatic nitrogens is 2. The van der Waals surface area contributed by atoms with Gasteiger partial charge in [-0.2, -0.15) is 0 Å². The molecule has 0 unspecified atom stereocenters. The van der Waals surface area contributed by atoms with Crippen LogP contribution in [0.25, 0.3) is 0 Å². The molecule has 0 aliphatic heterocycles. The highest BCUT2D eigenvalue weighted by atomic mass is 79.9. The molecule has 0 bridgehead atoms. The van der Waals surface area contributed by atoms with Gasteiger partial charge in [0, 0.05) is 29.5 Å². The zero-order valence-electron chi connectivity index (χ0n) is 8.73. The van der Waals surface area contributed by atoms with Gasteiger partial charge in [0.25, 0.3) is 0 Å². The second-order valence-electron chi connectivity index (χ2n) is 3.22. The van der Waals surface area contributed by atoms with Gasteiger partial charge in [0.15, 0.2) is 0 Å². The fourth-order valence-corrected chi connectivity index (χ4v) is 1.72. The van der Waals surface area contributed by atoms with Crippen LogP contribution in [0.5, 0.6) is 11.6 Å². The minimum absolute atomic E-state index is 0.208. The number of nitrogens with two attached hydrogens (primary N) is 1. The van der Waals surface area contributed by atoms with Gasteiger partial charge in [0.05, 0.1) is 0 Å². The van der Waals surface area contributed by atoms with E-state index in [0.29, 0.717) is 15.9 Å². The van der Waals surface area contributed by atoms with Gasteiger partial charge in [-0.15, -0.1) is 0 Å². The number of hydrogen-bond donors (Lipinski definition) is 1. The Morgan fingerprint density at radius 3 is 2.71 bits per heavy atom. The fraction of sp³-hybridized carbons (Fsp3) is 0.0909. The SMILES string of the molecule is NCc1nccnc1Oc1cc(F)cc(Br)c1. The van der Waals surface area contributed by atoms with E-state index in [1.165, 1.54) is 24.5 Å². The summed E-state index contributed by atoms with van der Waals surface area (Å²) in [6.45, 7) is 0.208. The number of halogens is 2. The Morgan fingerprint density at radius 2 is 2.00 bits per heavy atom. The monoisotopic (exact) mass is 297 g/mol. The summed E-state index contributed by atoms with van der Waals surface area (Å²) in [6.07, 6.45) is 3.01. The van der Waals surface area contributed by atoms with Crippen LogP contribution in [0, 0.1) is 5.82 Å². The first-order chi connectivity index (χ1) is 8.19. The van der Waals surface area contributed by atoms with E-state index >= 15 is 0 Å². The zero-order chi connectivity index (χ0) is 12.3. The Kier molecular flexibility index (Phi) is 3.65. The maximum atomic E-state index is 13.1. The molecule has 6 heteroatoms. The van der Waals surface area contributed by atoms with E-state index in [0.717, 1.165) is 0 Å². The molecule has 0 fully saturated rings. The summed E-state index contributed by atoms with van der Waals surface area (Å²) >= 11 is 3.18. The average molecular weight is 298 g/mol. The molecule has 4 nitrogen and oxygen atoms in total. The molecule has 0 aliphatic carbocycles. The van der Waals surface area contributed by atoms with Gasteiger partial charge in [0.2, 0.25) is 5.88 Å². The number of benzene rings is 1. The minimum Gasteiger partial charge on any atom is -0.437 e. The van der Waals surface area contributed by atoms with Gasteiger partial charge in [-0.1, -0.05) is 15.9 Å². The highest BCUT2D eigenvalue weighted by Gasteiger charge is 2.07. The molecular weight excluding hydrogens is 289 g/mol. The van der Waals surface area contributed by atoms with Crippen LogP contribution in [-0.4, -0.2) is 9.97 Å². The molecule has 0 saturated heterocycles. The third-order valence-electron chi connectivity index (χ3n) is 1.98. The lowest BCUT2D eigenvalue weighted by atomic mass is 10.3. The third-order valence-corrected chi connectivity index (χ3v) is 2.44. The van der Waals surface area contributed by atoms with Crippen molar-refractivity contribution in [3.05, 3.63) is 46.6 Å². The van der Waals surface area contributed by atoms with Crippen molar-refractivity contribution in [3.8, 4) is 11.6 Å². The molecule has 1 heterocycles. The maximum Gasteiger partial charge on any atom is 0.242 e. The molecule has 2 N–H and O–H groups in total. The van der Waals surface area contributed by atoms with E-state index in [-0.39, 0.29) is 12.4 Å². The molecule has 0 aliphatic rings. The molecule has 0 saturated carbocycles. The predicted molar refractivity (Wildman–Crippen MR) is 64.1 cm³/mol. The first-order valence-electron chi connectivity index (χ1n) is 4.83. The van der Waals surface area contributed by atoms with Crippen molar-refractivity contribution in [1.29, 1.82) is 0 Å². The molecule has 2 rings (SSSR count). The first-order valence-corrected chi connectivity index (χ1v) is 5.62. The summed E-state index contributed by atoms with van der Waals surface area (Å²) < 4.78 is 19.2. The highest BCUT2D eigenvalue weighted by Crippen LogP contribution is 2.25. The van der Waals surface area contributed by atoms with E-state index in [9.17, 15) is 4.39 Å². The van der Waals surface area contributed by atoms with Crippen LogP contribution in [-0.2, 0) is 6.54 Å². The molecule has 2 aromatic rings. The lowest BCUT2D eigenvalue weighted by Crippen LogP contribution is -2.03. The van der Waals surface area contributed by atoms with E-state index in [1.807, 2.05) is 0 Å². The van der Waals surface area contributed by atoms with Crippen molar-refractivity contribution >= 4 is 15.9 Å². The fourth-order valence-electron chi connectivity index (χ4n) is 1.28. The van der Waals surface area contributed by atoms with Crippen LogP contribution in [0.1, 0.15) is 5.69 Å². The van der Waals surface area contributed by atoms with E-state index in [1.54, 1.807) is 6.07 Å². The largest absolute Gasteiger partial charge is 0.437 e. The number of rotatable bonds is 3. The van der Waals surface area contributed by atoms with Crippen molar-refractivity contribution in [2.75, 3.05) is 0 Å². The van der Waals surface area contributed by atoms with Crippen LogP contribution in [0.15, 0.2) is 35.1 Å². The van der Waals surface area contributed by atoms with Gasteiger partial charge in [-0.25, -0.2) is 9.37 Å². The quantitative estimate of drug-likeness (QED) is 0.946. The summed E-state index contributed by atoms with van der Waals surface area (Å²) in [5.41, 5.74) is 6.02. The summed E-state index contributed by atoms with van der Waals surface area (Å²) in [4.78, 5) is 8.02. The molecule has 0 amide bonds. The Bertz CT molecular complexity index is 516. The zero-order valence-corrected chi connectivity index (χ0v) is 10.3. The molecule has 1 aromatic carbocycles. The van der Waals surface area contributed by atoms with Gasteiger partial charge in [0.1, 0.15) is 17.3 Å². The Labute approximate surface area is 106 Å².